The lowest BCUT2D eigenvalue weighted by atomic mass is 10.2. The predicted octanol–water partition coefficient (Wildman–Crippen LogP) is 2.51. The average Bonchev–Trinajstić information content (AvgIpc) is 2.66. The highest BCUT2D eigenvalue weighted by Crippen LogP contribution is 2.22. The SMILES string of the molecule is COc1cccc(N(CC(=O)NCCSCc2ccccc2)S(C)(=O)=O)c1. The Bertz CT molecular complexity index is 842. The van der Waals surface area contributed by atoms with Gasteiger partial charge in [0.1, 0.15) is 12.3 Å². The van der Waals surface area contributed by atoms with Gasteiger partial charge in [0.25, 0.3) is 0 Å². The molecule has 0 spiro atoms. The van der Waals surface area contributed by atoms with Gasteiger partial charge in [0, 0.05) is 24.1 Å². The summed E-state index contributed by atoms with van der Waals surface area (Å²) in [6.45, 7) is 0.210. The Kier molecular flexibility index (Phi) is 7.99. The summed E-state index contributed by atoms with van der Waals surface area (Å²) in [7, 11) is -2.09. The fourth-order valence-corrected chi connectivity index (χ4v) is 4.05. The van der Waals surface area contributed by atoms with Crippen molar-refractivity contribution in [3.63, 3.8) is 0 Å². The molecule has 0 saturated heterocycles. The molecule has 0 heterocycles. The lowest BCUT2D eigenvalue weighted by Gasteiger charge is -2.22. The van der Waals surface area contributed by atoms with Gasteiger partial charge in [-0.2, -0.15) is 11.8 Å². The van der Waals surface area contributed by atoms with E-state index in [4.69, 9.17) is 4.74 Å². The summed E-state index contributed by atoms with van der Waals surface area (Å²) in [5.74, 6) is 1.80. The van der Waals surface area contributed by atoms with Crippen molar-refractivity contribution in [2.75, 3.05) is 36.5 Å². The average molecular weight is 409 g/mol. The molecule has 8 heteroatoms. The van der Waals surface area contributed by atoms with Crippen LogP contribution in [0.15, 0.2) is 54.6 Å². The van der Waals surface area contributed by atoms with Crippen molar-refractivity contribution < 1.29 is 17.9 Å². The summed E-state index contributed by atoms with van der Waals surface area (Å²) < 4.78 is 30.4. The molecule has 0 radical (unpaired) electrons. The number of sulfonamides is 1. The zero-order valence-corrected chi connectivity index (χ0v) is 17.1. The number of nitrogens with zero attached hydrogens (tertiary/aromatic N) is 1. The number of ether oxygens (including phenoxy) is 1. The fraction of sp³-hybridized carbons (Fsp3) is 0.316. The van der Waals surface area contributed by atoms with Crippen molar-refractivity contribution in [2.24, 2.45) is 0 Å². The van der Waals surface area contributed by atoms with E-state index in [9.17, 15) is 13.2 Å². The largest absolute Gasteiger partial charge is 0.497 e. The van der Waals surface area contributed by atoms with Crippen LogP contribution in [-0.4, -0.2) is 46.5 Å². The van der Waals surface area contributed by atoms with Crippen molar-refractivity contribution in [3.8, 4) is 5.75 Å². The summed E-state index contributed by atoms with van der Waals surface area (Å²) >= 11 is 1.71. The maximum absolute atomic E-state index is 12.2. The van der Waals surface area contributed by atoms with E-state index in [1.54, 1.807) is 36.0 Å². The van der Waals surface area contributed by atoms with Crippen molar-refractivity contribution >= 4 is 33.4 Å². The number of hydrogen-bond acceptors (Lipinski definition) is 5. The second-order valence-electron chi connectivity index (χ2n) is 5.86. The van der Waals surface area contributed by atoms with Gasteiger partial charge in [-0.15, -0.1) is 0 Å². The highest BCUT2D eigenvalue weighted by molar-refractivity contribution is 7.98. The highest BCUT2D eigenvalue weighted by atomic mass is 32.2. The lowest BCUT2D eigenvalue weighted by molar-refractivity contribution is -0.119. The molecule has 2 aromatic carbocycles. The topological polar surface area (TPSA) is 75.7 Å². The molecule has 0 aliphatic heterocycles. The molecule has 0 atom stereocenters. The van der Waals surface area contributed by atoms with E-state index in [1.165, 1.54) is 12.7 Å². The van der Waals surface area contributed by atoms with Crippen LogP contribution in [0.1, 0.15) is 5.56 Å². The van der Waals surface area contributed by atoms with Crippen LogP contribution in [0.5, 0.6) is 5.75 Å². The Morgan fingerprint density at radius 2 is 1.89 bits per heavy atom. The molecule has 0 fully saturated rings. The molecule has 6 nitrogen and oxygen atoms in total. The number of benzene rings is 2. The third-order valence-electron chi connectivity index (χ3n) is 3.71. The molecular weight excluding hydrogens is 384 g/mol. The highest BCUT2D eigenvalue weighted by Gasteiger charge is 2.21. The normalized spacial score (nSPS) is 11.0. The van der Waals surface area contributed by atoms with Gasteiger partial charge < -0.3 is 10.1 Å². The van der Waals surface area contributed by atoms with Crippen molar-refractivity contribution in [2.45, 2.75) is 5.75 Å². The van der Waals surface area contributed by atoms with E-state index in [0.717, 1.165) is 22.1 Å². The predicted molar refractivity (Wildman–Crippen MR) is 111 cm³/mol. The minimum absolute atomic E-state index is 0.268. The smallest absolute Gasteiger partial charge is 0.240 e. The van der Waals surface area contributed by atoms with E-state index in [0.29, 0.717) is 18.0 Å². The second kappa shape index (κ2) is 10.2. The van der Waals surface area contributed by atoms with Gasteiger partial charge in [-0.1, -0.05) is 36.4 Å². The molecule has 2 aromatic rings. The van der Waals surface area contributed by atoms with Gasteiger partial charge in [0.15, 0.2) is 0 Å². The van der Waals surface area contributed by atoms with E-state index < -0.39 is 10.0 Å². The molecule has 1 amide bonds. The van der Waals surface area contributed by atoms with Gasteiger partial charge in [-0.25, -0.2) is 8.42 Å². The zero-order chi connectivity index (χ0) is 19.7. The third kappa shape index (κ3) is 7.15. The fourth-order valence-electron chi connectivity index (χ4n) is 2.38. The summed E-state index contributed by atoms with van der Waals surface area (Å²) in [5, 5.41) is 2.77. The first-order valence-corrected chi connectivity index (χ1v) is 11.4. The minimum atomic E-state index is -3.60. The van der Waals surface area contributed by atoms with Crippen LogP contribution >= 0.6 is 11.8 Å². The Hall–Kier alpha value is -2.19. The molecule has 0 aliphatic carbocycles. The molecule has 1 N–H and O–H groups in total. The Balaban J connectivity index is 1.85. The van der Waals surface area contributed by atoms with Gasteiger partial charge in [0.2, 0.25) is 15.9 Å². The number of carbonyl (C=O) groups is 1. The summed E-state index contributed by atoms with van der Waals surface area (Å²) in [6.07, 6.45) is 1.08. The summed E-state index contributed by atoms with van der Waals surface area (Å²) in [6, 6.07) is 16.7. The molecule has 146 valence electrons. The monoisotopic (exact) mass is 408 g/mol. The van der Waals surface area contributed by atoms with Crippen LogP contribution in [0.4, 0.5) is 5.69 Å². The van der Waals surface area contributed by atoms with E-state index >= 15 is 0 Å². The van der Waals surface area contributed by atoms with Gasteiger partial charge in [-0.3, -0.25) is 9.10 Å². The lowest BCUT2D eigenvalue weighted by Crippen LogP contribution is -2.41. The molecule has 0 unspecified atom stereocenters. The second-order valence-corrected chi connectivity index (χ2v) is 8.87. The molecule has 0 aromatic heterocycles. The summed E-state index contributed by atoms with van der Waals surface area (Å²) in [5.41, 5.74) is 1.63. The number of rotatable bonds is 10. The number of carbonyl (C=O) groups excluding carboxylic acids is 1. The molecular formula is C19H24N2O4S2. The molecule has 0 bridgehead atoms. The number of methoxy groups -OCH3 is 1. The number of hydrogen-bond donors (Lipinski definition) is 1. The van der Waals surface area contributed by atoms with Gasteiger partial charge in [0.05, 0.1) is 19.1 Å². The number of anilines is 1. The van der Waals surface area contributed by atoms with E-state index in [-0.39, 0.29) is 12.5 Å². The molecule has 27 heavy (non-hydrogen) atoms. The van der Waals surface area contributed by atoms with Crippen LogP contribution in [0.3, 0.4) is 0 Å². The first-order valence-electron chi connectivity index (χ1n) is 8.40. The maximum atomic E-state index is 12.2. The number of thioether (sulfide) groups is 1. The number of nitrogens with one attached hydrogen (secondary N) is 1. The number of amides is 1. The molecule has 0 aliphatic rings. The molecule has 2 rings (SSSR count). The van der Waals surface area contributed by atoms with Crippen LogP contribution in [-0.2, 0) is 20.6 Å². The Morgan fingerprint density at radius 3 is 2.56 bits per heavy atom. The van der Waals surface area contributed by atoms with Crippen molar-refractivity contribution in [3.05, 3.63) is 60.2 Å². The first kappa shape index (κ1) is 21.1. The van der Waals surface area contributed by atoms with Crippen LogP contribution in [0.25, 0.3) is 0 Å². The van der Waals surface area contributed by atoms with Gasteiger partial charge in [-0.05, 0) is 17.7 Å². The Morgan fingerprint density at radius 1 is 1.15 bits per heavy atom. The maximum Gasteiger partial charge on any atom is 0.240 e. The zero-order valence-electron chi connectivity index (χ0n) is 15.4. The van der Waals surface area contributed by atoms with Crippen LogP contribution < -0.4 is 14.4 Å². The first-order chi connectivity index (χ1) is 12.9. The van der Waals surface area contributed by atoms with Crippen LogP contribution in [0.2, 0.25) is 0 Å². The van der Waals surface area contributed by atoms with E-state index in [2.05, 4.69) is 17.4 Å². The standard InChI is InChI=1S/C19H24N2O4S2/c1-25-18-10-6-9-17(13-18)21(27(2,23)24)14-19(22)20-11-12-26-15-16-7-4-3-5-8-16/h3-10,13H,11-12,14-15H2,1-2H3,(H,20,22). The van der Waals surface area contributed by atoms with E-state index in [1.807, 2.05) is 18.2 Å². The third-order valence-corrected chi connectivity index (χ3v) is 5.88. The van der Waals surface area contributed by atoms with Crippen LogP contribution in [0, 0.1) is 0 Å². The minimum Gasteiger partial charge on any atom is -0.497 e. The molecule has 0 saturated carbocycles. The summed E-state index contributed by atoms with van der Waals surface area (Å²) in [4.78, 5) is 12.2. The van der Waals surface area contributed by atoms with Crippen molar-refractivity contribution in [1.82, 2.24) is 5.32 Å². The van der Waals surface area contributed by atoms with Crippen molar-refractivity contribution in [1.29, 1.82) is 0 Å². The quantitative estimate of drug-likeness (QED) is 0.612. The Labute approximate surface area is 165 Å². The van der Waals surface area contributed by atoms with Gasteiger partial charge >= 0.3 is 0 Å².